The molecule has 82 valence electrons. The Balaban J connectivity index is 3.03. The molecule has 0 atom stereocenters. The summed E-state index contributed by atoms with van der Waals surface area (Å²) in [4.78, 5) is 13.5. The van der Waals surface area contributed by atoms with E-state index in [-0.39, 0.29) is 0 Å². The lowest BCUT2D eigenvalue weighted by atomic mass is 10.3. The van der Waals surface area contributed by atoms with E-state index < -0.39 is 28.1 Å². The van der Waals surface area contributed by atoms with Gasteiger partial charge in [0.1, 0.15) is 5.02 Å². The number of ether oxygens (including phenoxy) is 1. The molecule has 8 heteroatoms. The molecule has 0 N–H and O–H groups in total. The van der Waals surface area contributed by atoms with Gasteiger partial charge in [0.25, 0.3) is 0 Å². The fourth-order valence-corrected chi connectivity index (χ4v) is 1.01. The maximum Gasteiger partial charge on any atom is 0.417 e. The first-order valence-corrected chi connectivity index (χ1v) is 4.16. The molecule has 0 fully saturated rings. The van der Waals surface area contributed by atoms with E-state index in [9.17, 15) is 18.0 Å². The Labute approximate surface area is 91.8 Å². The number of carbonyl (C=O) groups excluding carboxylic acids is 1. The fraction of sp³-hybridized carbons (Fsp3) is 0.143. The molecule has 1 heterocycles. The van der Waals surface area contributed by atoms with Crippen LogP contribution in [-0.2, 0) is 6.18 Å². The summed E-state index contributed by atoms with van der Waals surface area (Å²) in [6.45, 7) is 0. The first-order valence-electron chi connectivity index (χ1n) is 3.41. The number of rotatable bonds is 1. The highest BCUT2D eigenvalue weighted by Gasteiger charge is 2.31. The van der Waals surface area contributed by atoms with Crippen LogP contribution >= 0.6 is 23.2 Å². The summed E-state index contributed by atoms with van der Waals surface area (Å²) in [5.74, 6) is -0.468. The highest BCUT2D eigenvalue weighted by Crippen LogP contribution is 2.33. The molecule has 1 aromatic rings. The maximum atomic E-state index is 12.1. The minimum atomic E-state index is -4.56. The maximum absolute atomic E-state index is 12.1. The molecule has 0 saturated carbocycles. The van der Waals surface area contributed by atoms with Crippen molar-refractivity contribution in [2.45, 2.75) is 6.18 Å². The average Bonchev–Trinajstić information content (AvgIpc) is 2.05. The van der Waals surface area contributed by atoms with Crippen LogP contribution in [0.25, 0.3) is 0 Å². The van der Waals surface area contributed by atoms with Crippen LogP contribution in [-0.4, -0.2) is 10.4 Å². The monoisotopic (exact) mass is 259 g/mol. The molecule has 3 nitrogen and oxygen atoms in total. The summed E-state index contributed by atoms with van der Waals surface area (Å²) in [6, 6.07) is 0.587. The lowest BCUT2D eigenvalue weighted by Crippen LogP contribution is -2.07. The van der Waals surface area contributed by atoms with Gasteiger partial charge in [0.05, 0.1) is 5.56 Å². The van der Waals surface area contributed by atoms with E-state index in [0.29, 0.717) is 12.3 Å². The van der Waals surface area contributed by atoms with Gasteiger partial charge in [-0.15, -0.1) is 0 Å². The standard InChI is InChI=1S/C7H2Cl2F3NO2/c8-4-1-3(7(10,11)12)2-13-5(4)15-6(9)14/h1-2H. The predicted molar refractivity (Wildman–Crippen MR) is 46.1 cm³/mol. The van der Waals surface area contributed by atoms with Crippen LogP contribution in [0, 0.1) is 0 Å². The summed E-state index contributed by atoms with van der Waals surface area (Å²) < 4.78 is 40.6. The third kappa shape index (κ3) is 3.24. The van der Waals surface area contributed by atoms with Gasteiger partial charge in [-0.1, -0.05) is 11.6 Å². The molecule has 0 bridgehead atoms. The Morgan fingerprint density at radius 3 is 2.47 bits per heavy atom. The van der Waals surface area contributed by atoms with Crippen molar-refractivity contribution in [3.63, 3.8) is 0 Å². The average molecular weight is 260 g/mol. The summed E-state index contributed by atoms with van der Waals surface area (Å²) in [5.41, 5.74) is -2.27. The van der Waals surface area contributed by atoms with Crippen molar-refractivity contribution < 1.29 is 22.7 Å². The van der Waals surface area contributed by atoms with Crippen molar-refractivity contribution in [1.29, 1.82) is 0 Å². The summed E-state index contributed by atoms with van der Waals surface area (Å²) >= 11 is 10.2. The van der Waals surface area contributed by atoms with E-state index in [4.69, 9.17) is 23.2 Å². The van der Waals surface area contributed by atoms with Gasteiger partial charge >= 0.3 is 11.6 Å². The van der Waals surface area contributed by atoms with Gasteiger partial charge in [-0.3, -0.25) is 0 Å². The Morgan fingerprint density at radius 2 is 2.07 bits per heavy atom. The second-order valence-electron chi connectivity index (χ2n) is 2.35. The van der Waals surface area contributed by atoms with Crippen LogP contribution in [0.4, 0.5) is 18.0 Å². The van der Waals surface area contributed by atoms with E-state index in [0.717, 1.165) is 0 Å². The van der Waals surface area contributed by atoms with Gasteiger partial charge in [-0.2, -0.15) is 13.2 Å². The second-order valence-corrected chi connectivity index (χ2v) is 3.06. The van der Waals surface area contributed by atoms with Crippen molar-refractivity contribution in [2.75, 3.05) is 0 Å². The first-order chi connectivity index (χ1) is 6.80. The number of hydrogen-bond acceptors (Lipinski definition) is 3. The van der Waals surface area contributed by atoms with E-state index in [2.05, 4.69) is 9.72 Å². The van der Waals surface area contributed by atoms with Gasteiger partial charge in [-0.05, 0) is 6.07 Å². The molecular formula is C7H2Cl2F3NO2. The zero-order chi connectivity index (χ0) is 11.6. The molecule has 0 aliphatic carbocycles. The van der Waals surface area contributed by atoms with E-state index >= 15 is 0 Å². The number of nitrogens with zero attached hydrogens (tertiary/aromatic N) is 1. The number of carbonyl (C=O) groups is 1. The number of aromatic nitrogens is 1. The Morgan fingerprint density at radius 1 is 1.47 bits per heavy atom. The van der Waals surface area contributed by atoms with Crippen molar-refractivity contribution in [2.24, 2.45) is 0 Å². The molecule has 15 heavy (non-hydrogen) atoms. The molecule has 0 saturated heterocycles. The molecule has 1 rings (SSSR count). The van der Waals surface area contributed by atoms with Crippen LogP contribution in [0.15, 0.2) is 12.3 Å². The van der Waals surface area contributed by atoms with E-state index in [1.807, 2.05) is 0 Å². The van der Waals surface area contributed by atoms with Crippen LogP contribution in [0.2, 0.25) is 5.02 Å². The normalized spacial score (nSPS) is 11.3. The molecule has 0 amide bonds. The second kappa shape index (κ2) is 4.24. The Bertz CT molecular complexity index is 394. The summed E-state index contributed by atoms with van der Waals surface area (Å²) in [6.07, 6.45) is -4.07. The minimum absolute atomic E-state index is 0.446. The molecule has 0 aromatic carbocycles. The van der Waals surface area contributed by atoms with Crippen LogP contribution in [0.5, 0.6) is 5.88 Å². The van der Waals surface area contributed by atoms with Crippen molar-refractivity contribution in [1.82, 2.24) is 4.98 Å². The lowest BCUT2D eigenvalue weighted by Gasteiger charge is -2.07. The van der Waals surface area contributed by atoms with Gasteiger partial charge < -0.3 is 4.74 Å². The molecule has 0 aliphatic heterocycles. The largest absolute Gasteiger partial charge is 0.417 e. The summed E-state index contributed by atoms with van der Waals surface area (Å²) in [7, 11) is 0. The predicted octanol–water partition coefficient (Wildman–Crippen LogP) is 3.49. The zero-order valence-electron chi connectivity index (χ0n) is 6.81. The molecule has 1 aromatic heterocycles. The zero-order valence-corrected chi connectivity index (χ0v) is 8.32. The number of halogens is 5. The van der Waals surface area contributed by atoms with E-state index in [1.165, 1.54) is 0 Å². The van der Waals surface area contributed by atoms with Crippen molar-refractivity contribution in [3.05, 3.63) is 22.8 Å². The topological polar surface area (TPSA) is 39.2 Å². The molecule has 0 radical (unpaired) electrons. The van der Waals surface area contributed by atoms with Crippen LogP contribution in [0.3, 0.4) is 0 Å². The molecular weight excluding hydrogens is 258 g/mol. The quantitative estimate of drug-likeness (QED) is 0.725. The highest BCUT2D eigenvalue weighted by molar-refractivity contribution is 6.61. The number of hydrogen-bond donors (Lipinski definition) is 0. The lowest BCUT2D eigenvalue weighted by molar-refractivity contribution is -0.137. The highest BCUT2D eigenvalue weighted by atomic mass is 35.5. The first kappa shape index (κ1) is 12.1. The third-order valence-corrected chi connectivity index (χ3v) is 1.66. The Hall–Kier alpha value is -1.01. The fourth-order valence-electron chi connectivity index (χ4n) is 0.731. The van der Waals surface area contributed by atoms with Gasteiger partial charge in [0, 0.05) is 17.8 Å². The van der Waals surface area contributed by atoms with Gasteiger partial charge in [0.2, 0.25) is 5.88 Å². The molecule has 0 aliphatic rings. The van der Waals surface area contributed by atoms with E-state index in [1.54, 1.807) is 0 Å². The van der Waals surface area contributed by atoms with Crippen molar-refractivity contribution in [3.8, 4) is 5.88 Å². The minimum Gasteiger partial charge on any atom is -0.394 e. The Kier molecular flexibility index (Phi) is 3.41. The summed E-state index contributed by atoms with van der Waals surface area (Å²) in [5, 5.41) is -0.446. The SMILES string of the molecule is O=C(Cl)Oc1ncc(C(F)(F)F)cc1Cl. The van der Waals surface area contributed by atoms with Gasteiger partial charge in [0.15, 0.2) is 0 Å². The molecule has 0 unspecified atom stereocenters. The smallest absolute Gasteiger partial charge is 0.394 e. The van der Waals surface area contributed by atoms with Crippen molar-refractivity contribution >= 4 is 28.6 Å². The molecule has 0 spiro atoms. The van der Waals surface area contributed by atoms with Gasteiger partial charge in [-0.25, -0.2) is 9.78 Å². The number of pyridine rings is 1. The number of alkyl halides is 3. The van der Waals surface area contributed by atoms with Crippen LogP contribution in [0.1, 0.15) is 5.56 Å². The van der Waals surface area contributed by atoms with Crippen LogP contribution < -0.4 is 4.74 Å². The third-order valence-electron chi connectivity index (χ3n) is 1.31.